The number of anilines is 2. The molecule has 3 heterocycles. The number of aryl methyl sites for hydroxylation is 2. The van der Waals surface area contributed by atoms with Gasteiger partial charge in [0.05, 0.1) is 16.4 Å². The van der Waals surface area contributed by atoms with Gasteiger partial charge in [0.25, 0.3) is 0 Å². The van der Waals surface area contributed by atoms with Gasteiger partial charge in [0.1, 0.15) is 16.5 Å². The number of nitrogens with one attached hydrogen (secondary N) is 1. The van der Waals surface area contributed by atoms with Crippen LogP contribution in [-0.2, 0) is 12.8 Å². The first-order chi connectivity index (χ1) is 15.6. The Hall–Kier alpha value is -2.19. The lowest BCUT2D eigenvalue weighted by Crippen LogP contribution is -2.53. The maximum Gasteiger partial charge on any atom is 0.158 e. The quantitative estimate of drug-likeness (QED) is 0.452. The molecule has 2 aromatic carbocycles. The summed E-state index contributed by atoms with van der Waals surface area (Å²) in [7, 11) is 2.20. The molecular formula is C25H30Cl2FN5S. The van der Waals surface area contributed by atoms with Crippen molar-refractivity contribution in [3.63, 3.8) is 0 Å². The summed E-state index contributed by atoms with van der Waals surface area (Å²) in [6, 6.07) is 15.5. The van der Waals surface area contributed by atoms with Crippen LogP contribution < -0.4 is 5.32 Å². The molecule has 1 saturated heterocycles. The first-order valence-corrected chi connectivity index (χ1v) is 12.1. The number of piperazine rings is 1. The standard InChI is InChI=1S/C25H28FN5S.2ClH/c1-3-22-29-23-24(27-20-6-4-5-7-21(20)28-25(23)32-22)31-15-14-30(2)19(16-31)13-10-17-8-11-18(26)12-9-17;;/h4-9,11-12,19,28H,3,10,13-16H2,1-2H3;2*1H. The molecule has 182 valence electrons. The third-order valence-electron chi connectivity index (χ3n) is 6.32. The third-order valence-corrected chi connectivity index (χ3v) is 7.44. The molecule has 0 saturated carbocycles. The van der Waals surface area contributed by atoms with Gasteiger partial charge < -0.3 is 10.2 Å². The summed E-state index contributed by atoms with van der Waals surface area (Å²) in [5, 5.41) is 5.77. The van der Waals surface area contributed by atoms with Crippen LogP contribution in [0.1, 0.15) is 29.6 Å². The molecule has 0 aliphatic carbocycles. The zero-order valence-electron chi connectivity index (χ0n) is 19.3. The summed E-state index contributed by atoms with van der Waals surface area (Å²) in [5.41, 5.74) is 4.12. The van der Waals surface area contributed by atoms with E-state index in [9.17, 15) is 4.39 Å². The van der Waals surface area contributed by atoms with Crippen molar-refractivity contribution in [3.05, 3.63) is 70.6 Å². The molecule has 5 nitrogen and oxygen atoms in total. The van der Waals surface area contributed by atoms with E-state index in [-0.39, 0.29) is 30.6 Å². The van der Waals surface area contributed by atoms with E-state index in [1.54, 1.807) is 23.5 Å². The Labute approximate surface area is 216 Å². The van der Waals surface area contributed by atoms with Crippen LogP contribution in [0.4, 0.5) is 20.8 Å². The highest BCUT2D eigenvalue weighted by atomic mass is 35.5. The van der Waals surface area contributed by atoms with E-state index in [0.717, 1.165) is 71.8 Å². The number of halogens is 3. The number of fused-ring (bicyclic) bond motifs is 2. The minimum atomic E-state index is -0.180. The maximum absolute atomic E-state index is 13.2. The molecule has 5 rings (SSSR count). The normalized spacial score (nSPS) is 17.3. The van der Waals surface area contributed by atoms with Gasteiger partial charge in [0, 0.05) is 25.7 Å². The molecule has 34 heavy (non-hydrogen) atoms. The number of para-hydroxylation sites is 2. The number of hydrogen-bond acceptors (Lipinski definition) is 6. The van der Waals surface area contributed by atoms with Crippen LogP contribution in [0.2, 0.25) is 0 Å². The van der Waals surface area contributed by atoms with Crippen LogP contribution >= 0.6 is 36.2 Å². The molecular weight excluding hydrogens is 492 g/mol. The van der Waals surface area contributed by atoms with E-state index in [1.807, 2.05) is 24.3 Å². The summed E-state index contributed by atoms with van der Waals surface area (Å²) >= 11 is 1.72. The van der Waals surface area contributed by atoms with Crippen molar-refractivity contribution in [1.82, 2.24) is 14.8 Å². The Morgan fingerprint density at radius 3 is 2.62 bits per heavy atom. The van der Waals surface area contributed by atoms with E-state index in [0.29, 0.717) is 6.04 Å². The molecule has 0 radical (unpaired) electrons. The van der Waals surface area contributed by atoms with E-state index in [1.165, 1.54) is 5.56 Å². The molecule has 2 aliphatic heterocycles. The van der Waals surface area contributed by atoms with Crippen molar-refractivity contribution in [1.29, 1.82) is 0 Å². The molecule has 2 aliphatic rings. The predicted octanol–water partition coefficient (Wildman–Crippen LogP) is 6.07. The van der Waals surface area contributed by atoms with Crippen LogP contribution in [0.3, 0.4) is 0 Å². The summed E-state index contributed by atoms with van der Waals surface area (Å²) in [5.74, 6) is 0.786. The van der Waals surface area contributed by atoms with Crippen molar-refractivity contribution < 1.29 is 4.39 Å². The second kappa shape index (κ2) is 11.5. The van der Waals surface area contributed by atoms with Gasteiger partial charge >= 0.3 is 0 Å². The van der Waals surface area contributed by atoms with Gasteiger partial charge in [-0.1, -0.05) is 31.2 Å². The van der Waals surface area contributed by atoms with Gasteiger partial charge in [0.2, 0.25) is 0 Å². The highest BCUT2D eigenvalue weighted by molar-refractivity contribution is 7.16. The number of aliphatic imine (C=N–C) groups is 1. The maximum atomic E-state index is 13.2. The first-order valence-electron chi connectivity index (χ1n) is 11.2. The SMILES string of the molecule is CCc1nc2c(s1)Nc1ccccc1N=C2N1CCN(C)C(CCc2ccc(F)cc2)C1.Cl.Cl. The molecule has 9 heteroatoms. The average molecular weight is 523 g/mol. The Balaban J connectivity index is 0.00000162. The monoisotopic (exact) mass is 521 g/mol. The van der Waals surface area contributed by atoms with E-state index >= 15 is 0 Å². The Morgan fingerprint density at radius 2 is 1.85 bits per heavy atom. The first kappa shape index (κ1) is 26.4. The van der Waals surface area contributed by atoms with Gasteiger partial charge in [-0.05, 0) is 56.1 Å². The summed E-state index contributed by atoms with van der Waals surface area (Å²) in [4.78, 5) is 14.9. The fraction of sp³-hybridized carbons (Fsp3) is 0.360. The number of amidine groups is 1. The third kappa shape index (κ3) is 5.54. The van der Waals surface area contributed by atoms with Crippen molar-refractivity contribution in [2.75, 3.05) is 32.0 Å². The second-order valence-corrected chi connectivity index (χ2v) is 9.55. The highest BCUT2D eigenvalue weighted by Gasteiger charge is 2.31. The van der Waals surface area contributed by atoms with Gasteiger partial charge in [0.15, 0.2) is 5.84 Å². The Bertz CT molecular complexity index is 1130. The highest BCUT2D eigenvalue weighted by Crippen LogP contribution is 2.38. The lowest BCUT2D eigenvalue weighted by molar-refractivity contribution is 0.134. The largest absolute Gasteiger partial charge is 0.352 e. The van der Waals surface area contributed by atoms with Crippen molar-refractivity contribution in [3.8, 4) is 0 Å². The Kier molecular flexibility index (Phi) is 8.93. The fourth-order valence-corrected chi connectivity index (χ4v) is 5.28. The van der Waals surface area contributed by atoms with Crippen LogP contribution in [0, 0.1) is 5.82 Å². The van der Waals surface area contributed by atoms with Crippen LogP contribution in [-0.4, -0.2) is 53.3 Å². The summed E-state index contributed by atoms with van der Waals surface area (Å²) < 4.78 is 13.2. The van der Waals surface area contributed by atoms with Crippen LogP contribution in [0.25, 0.3) is 0 Å². The van der Waals surface area contributed by atoms with Crippen molar-refractivity contribution in [2.45, 2.75) is 32.2 Å². The van der Waals surface area contributed by atoms with Crippen LogP contribution in [0.5, 0.6) is 0 Å². The van der Waals surface area contributed by atoms with E-state index in [2.05, 4.69) is 41.2 Å². The number of benzene rings is 2. The molecule has 0 bridgehead atoms. The number of aromatic nitrogens is 1. The van der Waals surface area contributed by atoms with Crippen molar-refractivity contribution in [2.24, 2.45) is 4.99 Å². The molecule has 1 N–H and O–H groups in total. The lowest BCUT2D eigenvalue weighted by Gasteiger charge is -2.40. The fourth-order valence-electron chi connectivity index (χ4n) is 4.37. The van der Waals surface area contributed by atoms with E-state index in [4.69, 9.17) is 9.98 Å². The van der Waals surface area contributed by atoms with Gasteiger partial charge in [-0.2, -0.15) is 0 Å². The number of rotatable bonds is 4. The van der Waals surface area contributed by atoms with Gasteiger partial charge in [-0.3, -0.25) is 4.90 Å². The topological polar surface area (TPSA) is 43.8 Å². The summed E-state index contributed by atoms with van der Waals surface area (Å²) in [6.07, 6.45) is 2.87. The molecule has 1 fully saturated rings. The van der Waals surface area contributed by atoms with Gasteiger partial charge in [-0.15, -0.1) is 36.2 Å². The van der Waals surface area contributed by atoms with Crippen molar-refractivity contribution >= 4 is 58.4 Å². The van der Waals surface area contributed by atoms with E-state index < -0.39 is 0 Å². The van der Waals surface area contributed by atoms with Gasteiger partial charge in [-0.25, -0.2) is 14.4 Å². The number of hydrogen-bond donors (Lipinski definition) is 1. The smallest absolute Gasteiger partial charge is 0.158 e. The number of nitrogens with zero attached hydrogens (tertiary/aromatic N) is 4. The molecule has 1 atom stereocenters. The van der Waals surface area contributed by atoms with Crippen LogP contribution in [0.15, 0.2) is 53.5 Å². The number of likely N-dealkylation sites (N-methyl/N-ethyl adjacent to an activating group) is 1. The minimum absolute atomic E-state index is 0. The molecule has 1 aromatic heterocycles. The summed E-state index contributed by atoms with van der Waals surface area (Å²) in [6.45, 7) is 4.94. The minimum Gasteiger partial charge on any atom is -0.352 e. The molecule has 0 spiro atoms. The average Bonchev–Trinajstić information content (AvgIpc) is 3.15. The Morgan fingerprint density at radius 1 is 1.09 bits per heavy atom. The molecule has 1 unspecified atom stereocenters. The molecule has 0 amide bonds. The predicted molar refractivity (Wildman–Crippen MR) is 145 cm³/mol. The lowest BCUT2D eigenvalue weighted by atomic mass is 10.0. The second-order valence-electron chi connectivity index (χ2n) is 8.46. The number of thiazole rings is 1. The zero-order chi connectivity index (χ0) is 22.1. The molecule has 3 aromatic rings. The zero-order valence-corrected chi connectivity index (χ0v) is 21.8.